The Morgan fingerprint density at radius 2 is 2.05 bits per heavy atom. The predicted molar refractivity (Wildman–Crippen MR) is 80.4 cm³/mol. The highest BCUT2D eigenvalue weighted by Gasteiger charge is 2.09. The SMILES string of the molecule is CC(C)NCCCC(=O)N[C@H](C)c1cccc(Cl)c1. The van der Waals surface area contributed by atoms with Gasteiger partial charge in [0.1, 0.15) is 0 Å². The molecule has 0 spiro atoms. The van der Waals surface area contributed by atoms with Crippen molar-refractivity contribution in [1.29, 1.82) is 0 Å². The lowest BCUT2D eigenvalue weighted by atomic mass is 10.1. The first kappa shape index (κ1) is 16.0. The van der Waals surface area contributed by atoms with Crippen LogP contribution in [-0.2, 0) is 4.79 Å². The summed E-state index contributed by atoms with van der Waals surface area (Å²) in [7, 11) is 0. The second kappa shape index (κ2) is 8.18. The third-order valence-electron chi connectivity index (χ3n) is 2.86. The molecule has 0 fully saturated rings. The number of hydrogen-bond donors (Lipinski definition) is 2. The molecule has 19 heavy (non-hydrogen) atoms. The summed E-state index contributed by atoms with van der Waals surface area (Å²) in [6.45, 7) is 7.04. The van der Waals surface area contributed by atoms with E-state index in [-0.39, 0.29) is 11.9 Å². The fourth-order valence-electron chi connectivity index (χ4n) is 1.81. The van der Waals surface area contributed by atoms with Crippen LogP contribution < -0.4 is 10.6 Å². The van der Waals surface area contributed by atoms with Crippen LogP contribution in [0.3, 0.4) is 0 Å². The van der Waals surface area contributed by atoms with Gasteiger partial charge in [0.05, 0.1) is 6.04 Å². The molecule has 1 aromatic rings. The number of rotatable bonds is 7. The zero-order chi connectivity index (χ0) is 14.3. The highest BCUT2D eigenvalue weighted by molar-refractivity contribution is 6.30. The minimum atomic E-state index is -0.00995. The Balaban J connectivity index is 2.32. The monoisotopic (exact) mass is 282 g/mol. The molecule has 0 saturated carbocycles. The third kappa shape index (κ3) is 6.60. The summed E-state index contributed by atoms with van der Waals surface area (Å²) in [5.74, 6) is 0.0815. The molecule has 0 radical (unpaired) electrons. The smallest absolute Gasteiger partial charge is 0.220 e. The topological polar surface area (TPSA) is 41.1 Å². The first-order valence-corrected chi connectivity index (χ1v) is 7.15. The van der Waals surface area contributed by atoms with Crippen LogP contribution >= 0.6 is 11.6 Å². The van der Waals surface area contributed by atoms with Crippen LogP contribution in [0.15, 0.2) is 24.3 Å². The lowest BCUT2D eigenvalue weighted by Gasteiger charge is -2.15. The van der Waals surface area contributed by atoms with Gasteiger partial charge in [0.15, 0.2) is 0 Å². The second-order valence-electron chi connectivity index (χ2n) is 5.06. The van der Waals surface area contributed by atoms with Gasteiger partial charge < -0.3 is 10.6 Å². The summed E-state index contributed by atoms with van der Waals surface area (Å²) in [4.78, 5) is 11.8. The molecule has 0 aliphatic heterocycles. The predicted octanol–water partition coefficient (Wildman–Crippen LogP) is 3.30. The maximum absolute atomic E-state index is 11.8. The molecule has 1 amide bonds. The number of amides is 1. The summed E-state index contributed by atoms with van der Waals surface area (Å²) in [6.07, 6.45) is 1.40. The molecule has 1 aromatic carbocycles. The number of hydrogen-bond acceptors (Lipinski definition) is 2. The highest BCUT2D eigenvalue weighted by atomic mass is 35.5. The van der Waals surface area contributed by atoms with E-state index < -0.39 is 0 Å². The van der Waals surface area contributed by atoms with Crippen molar-refractivity contribution in [3.05, 3.63) is 34.9 Å². The number of carbonyl (C=O) groups is 1. The van der Waals surface area contributed by atoms with E-state index >= 15 is 0 Å². The van der Waals surface area contributed by atoms with Gasteiger partial charge in [-0.15, -0.1) is 0 Å². The molecule has 0 unspecified atom stereocenters. The van der Waals surface area contributed by atoms with E-state index in [1.807, 2.05) is 31.2 Å². The zero-order valence-electron chi connectivity index (χ0n) is 11.9. The average molecular weight is 283 g/mol. The Morgan fingerprint density at radius 3 is 2.68 bits per heavy atom. The van der Waals surface area contributed by atoms with Gasteiger partial charge in [-0.3, -0.25) is 4.79 Å². The zero-order valence-corrected chi connectivity index (χ0v) is 12.6. The van der Waals surface area contributed by atoms with E-state index in [1.54, 1.807) is 0 Å². The fraction of sp³-hybridized carbons (Fsp3) is 0.533. The van der Waals surface area contributed by atoms with Gasteiger partial charge in [-0.25, -0.2) is 0 Å². The Labute approximate surface area is 120 Å². The third-order valence-corrected chi connectivity index (χ3v) is 3.09. The highest BCUT2D eigenvalue weighted by Crippen LogP contribution is 2.17. The maximum Gasteiger partial charge on any atom is 0.220 e. The van der Waals surface area contributed by atoms with Crippen LogP contribution in [0.5, 0.6) is 0 Å². The summed E-state index contributed by atoms with van der Waals surface area (Å²) < 4.78 is 0. The van der Waals surface area contributed by atoms with Gasteiger partial charge >= 0.3 is 0 Å². The van der Waals surface area contributed by atoms with Crippen molar-refractivity contribution in [3.8, 4) is 0 Å². The van der Waals surface area contributed by atoms with Crippen molar-refractivity contribution in [2.45, 2.75) is 45.7 Å². The van der Waals surface area contributed by atoms with E-state index in [1.165, 1.54) is 0 Å². The molecular formula is C15H23ClN2O. The van der Waals surface area contributed by atoms with E-state index in [4.69, 9.17) is 11.6 Å². The lowest BCUT2D eigenvalue weighted by molar-refractivity contribution is -0.121. The largest absolute Gasteiger partial charge is 0.350 e. The van der Waals surface area contributed by atoms with Crippen molar-refractivity contribution >= 4 is 17.5 Å². The Bertz CT molecular complexity index is 407. The van der Waals surface area contributed by atoms with E-state index in [0.717, 1.165) is 18.5 Å². The van der Waals surface area contributed by atoms with Crippen molar-refractivity contribution in [3.63, 3.8) is 0 Å². The van der Waals surface area contributed by atoms with Crippen LogP contribution in [0.25, 0.3) is 0 Å². The van der Waals surface area contributed by atoms with Gasteiger partial charge in [-0.1, -0.05) is 37.6 Å². The molecule has 1 atom stereocenters. The van der Waals surface area contributed by atoms with Gasteiger partial charge in [-0.2, -0.15) is 0 Å². The minimum Gasteiger partial charge on any atom is -0.350 e. The molecule has 3 nitrogen and oxygen atoms in total. The van der Waals surface area contributed by atoms with Crippen LogP contribution in [0.2, 0.25) is 5.02 Å². The molecule has 4 heteroatoms. The number of nitrogens with one attached hydrogen (secondary N) is 2. The molecule has 0 saturated heterocycles. The van der Waals surface area contributed by atoms with Gasteiger partial charge in [0.2, 0.25) is 5.91 Å². The summed E-state index contributed by atoms with van der Waals surface area (Å²) in [5.41, 5.74) is 1.03. The molecule has 0 heterocycles. The molecule has 106 valence electrons. The molecule has 0 bridgehead atoms. The van der Waals surface area contributed by atoms with Crippen LogP contribution in [0, 0.1) is 0 Å². The standard InChI is InChI=1S/C15H23ClN2O/c1-11(2)17-9-5-8-15(19)18-12(3)13-6-4-7-14(16)10-13/h4,6-7,10-12,17H,5,8-9H2,1-3H3,(H,18,19)/t12-/m1/s1. The molecule has 0 aromatic heterocycles. The van der Waals surface area contributed by atoms with Gasteiger partial charge in [0.25, 0.3) is 0 Å². The quantitative estimate of drug-likeness (QED) is 0.754. The van der Waals surface area contributed by atoms with E-state index in [9.17, 15) is 4.79 Å². The van der Waals surface area contributed by atoms with Gasteiger partial charge in [-0.05, 0) is 37.6 Å². The summed E-state index contributed by atoms with van der Waals surface area (Å²) in [6, 6.07) is 8.03. The number of halogens is 1. The van der Waals surface area contributed by atoms with Crippen molar-refractivity contribution in [2.75, 3.05) is 6.54 Å². The molecule has 0 aliphatic rings. The molecular weight excluding hydrogens is 260 g/mol. The first-order valence-electron chi connectivity index (χ1n) is 6.77. The molecule has 1 rings (SSSR count). The Morgan fingerprint density at radius 1 is 1.32 bits per heavy atom. The number of benzene rings is 1. The molecule has 0 aliphatic carbocycles. The number of carbonyl (C=O) groups excluding carboxylic acids is 1. The van der Waals surface area contributed by atoms with Crippen molar-refractivity contribution in [2.24, 2.45) is 0 Å². The van der Waals surface area contributed by atoms with Crippen LogP contribution in [0.4, 0.5) is 0 Å². The Hall–Kier alpha value is -1.06. The lowest BCUT2D eigenvalue weighted by Crippen LogP contribution is -2.28. The van der Waals surface area contributed by atoms with E-state index in [0.29, 0.717) is 17.5 Å². The Kier molecular flexibility index (Phi) is 6.89. The summed E-state index contributed by atoms with van der Waals surface area (Å²) in [5, 5.41) is 6.98. The van der Waals surface area contributed by atoms with Gasteiger partial charge in [0, 0.05) is 17.5 Å². The van der Waals surface area contributed by atoms with Crippen LogP contribution in [0.1, 0.15) is 45.2 Å². The van der Waals surface area contributed by atoms with Crippen LogP contribution in [-0.4, -0.2) is 18.5 Å². The van der Waals surface area contributed by atoms with E-state index in [2.05, 4.69) is 24.5 Å². The minimum absolute atomic E-state index is 0.00995. The first-order chi connectivity index (χ1) is 8.99. The summed E-state index contributed by atoms with van der Waals surface area (Å²) >= 11 is 5.94. The normalized spacial score (nSPS) is 12.5. The van der Waals surface area contributed by atoms with Crippen molar-refractivity contribution in [1.82, 2.24) is 10.6 Å². The second-order valence-corrected chi connectivity index (χ2v) is 5.49. The molecule has 2 N–H and O–H groups in total. The van der Waals surface area contributed by atoms with Crippen molar-refractivity contribution < 1.29 is 4.79 Å². The maximum atomic E-state index is 11.8. The average Bonchev–Trinajstić information content (AvgIpc) is 2.34. The fourth-order valence-corrected chi connectivity index (χ4v) is 2.01.